The molecule has 78 valence electrons. The molecule has 2 heteroatoms. The number of amides is 1. The molecule has 0 bridgehead atoms. The summed E-state index contributed by atoms with van der Waals surface area (Å²) in [6.45, 7) is 3.88. The highest BCUT2D eigenvalue weighted by Gasteiger charge is 2.22. The van der Waals surface area contributed by atoms with Gasteiger partial charge in [0.25, 0.3) is 0 Å². The number of carbonyl (C=O) groups is 1. The molecule has 1 N–H and O–H groups in total. The van der Waals surface area contributed by atoms with Crippen LogP contribution in [-0.4, -0.2) is 5.91 Å². The molecule has 0 aromatic carbocycles. The molecule has 1 saturated carbocycles. The van der Waals surface area contributed by atoms with E-state index in [0.717, 1.165) is 18.5 Å². The van der Waals surface area contributed by atoms with Crippen molar-refractivity contribution in [1.82, 2.24) is 5.32 Å². The minimum absolute atomic E-state index is 0.189. The van der Waals surface area contributed by atoms with Crippen LogP contribution in [0.5, 0.6) is 0 Å². The first kappa shape index (κ1) is 11.0. The highest BCUT2D eigenvalue weighted by molar-refractivity contribution is 5.81. The van der Waals surface area contributed by atoms with Gasteiger partial charge in [0.1, 0.15) is 0 Å². The summed E-state index contributed by atoms with van der Waals surface area (Å²) < 4.78 is 0. The molecule has 0 spiro atoms. The van der Waals surface area contributed by atoms with Gasteiger partial charge in [-0.1, -0.05) is 25.0 Å². The number of hydrogen-bond donors (Lipinski definition) is 1. The highest BCUT2D eigenvalue weighted by Crippen LogP contribution is 2.24. The van der Waals surface area contributed by atoms with E-state index in [-0.39, 0.29) is 11.8 Å². The van der Waals surface area contributed by atoms with Gasteiger partial charge in [-0.25, -0.2) is 0 Å². The van der Waals surface area contributed by atoms with Crippen LogP contribution >= 0.6 is 0 Å². The largest absolute Gasteiger partial charge is 0.326 e. The van der Waals surface area contributed by atoms with E-state index in [4.69, 9.17) is 0 Å². The third-order valence-electron chi connectivity index (χ3n) is 2.65. The summed E-state index contributed by atoms with van der Waals surface area (Å²) in [4.78, 5) is 11.7. The van der Waals surface area contributed by atoms with Crippen molar-refractivity contribution in [2.75, 3.05) is 0 Å². The molecule has 1 fully saturated rings. The normalized spacial score (nSPS) is 19.1. The molecular formula is C12H19NO. The molecule has 14 heavy (non-hydrogen) atoms. The molecule has 1 amide bonds. The average molecular weight is 193 g/mol. The van der Waals surface area contributed by atoms with E-state index >= 15 is 0 Å². The summed E-state index contributed by atoms with van der Waals surface area (Å²) in [7, 11) is 0. The first-order valence-electron chi connectivity index (χ1n) is 5.37. The van der Waals surface area contributed by atoms with Crippen molar-refractivity contribution in [3.05, 3.63) is 23.9 Å². The van der Waals surface area contributed by atoms with Gasteiger partial charge in [-0.05, 0) is 32.8 Å². The fourth-order valence-corrected chi connectivity index (χ4v) is 1.82. The SMILES string of the molecule is C/C=C\C(=C/C)NC(=O)C1CCCC1. The average Bonchev–Trinajstić information content (AvgIpc) is 2.69. The summed E-state index contributed by atoms with van der Waals surface area (Å²) >= 11 is 0. The van der Waals surface area contributed by atoms with Crippen molar-refractivity contribution in [1.29, 1.82) is 0 Å². The maximum atomic E-state index is 11.7. The summed E-state index contributed by atoms with van der Waals surface area (Å²) in [6, 6.07) is 0. The molecule has 0 aliphatic heterocycles. The second-order valence-electron chi connectivity index (χ2n) is 3.71. The fraction of sp³-hybridized carbons (Fsp3) is 0.583. The molecule has 0 saturated heterocycles. The molecule has 0 radical (unpaired) electrons. The molecule has 1 aliphatic carbocycles. The van der Waals surface area contributed by atoms with Crippen molar-refractivity contribution >= 4 is 5.91 Å². The zero-order valence-electron chi connectivity index (χ0n) is 9.05. The van der Waals surface area contributed by atoms with Crippen molar-refractivity contribution < 1.29 is 4.79 Å². The van der Waals surface area contributed by atoms with Gasteiger partial charge in [0.15, 0.2) is 0 Å². The molecule has 0 aromatic heterocycles. The fourth-order valence-electron chi connectivity index (χ4n) is 1.82. The molecular weight excluding hydrogens is 174 g/mol. The number of nitrogens with one attached hydrogen (secondary N) is 1. The third-order valence-corrected chi connectivity index (χ3v) is 2.65. The van der Waals surface area contributed by atoms with Crippen molar-refractivity contribution in [3.63, 3.8) is 0 Å². The molecule has 0 aromatic rings. The van der Waals surface area contributed by atoms with E-state index in [2.05, 4.69) is 5.32 Å². The smallest absolute Gasteiger partial charge is 0.227 e. The van der Waals surface area contributed by atoms with Gasteiger partial charge in [0.2, 0.25) is 5.91 Å². The maximum Gasteiger partial charge on any atom is 0.227 e. The molecule has 1 aliphatic rings. The monoisotopic (exact) mass is 193 g/mol. The van der Waals surface area contributed by atoms with Crippen LogP contribution in [0.15, 0.2) is 23.9 Å². The van der Waals surface area contributed by atoms with Gasteiger partial charge < -0.3 is 5.32 Å². The maximum absolute atomic E-state index is 11.7. The Kier molecular flexibility index (Phi) is 4.44. The molecule has 0 atom stereocenters. The lowest BCUT2D eigenvalue weighted by molar-refractivity contribution is -0.123. The van der Waals surface area contributed by atoms with E-state index in [9.17, 15) is 4.79 Å². The minimum atomic E-state index is 0.189. The Morgan fingerprint density at radius 1 is 1.29 bits per heavy atom. The third kappa shape index (κ3) is 3.02. The Morgan fingerprint density at radius 2 is 1.93 bits per heavy atom. The Hall–Kier alpha value is -1.05. The minimum Gasteiger partial charge on any atom is -0.326 e. The highest BCUT2D eigenvalue weighted by atomic mass is 16.1. The molecule has 0 unspecified atom stereocenters. The van der Waals surface area contributed by atoms with E-state index in [0.29, 0.717) is 0 Å². The van der Waals surface area contributed by atoms with E-state index in [1.807, 2.05) is 32.1 Å². The van der Waals surface area contributed by atoms with E-state index in [1.165, 1.54) is 12.8 Å². The Labute approximate surface area is 86.1 Å². The topological polar surface area (TPSA) is 29.1 Å². The number of rotatable bonds is 3. The predicted octanol–water partition coefficient (Wildman–Crippen LogP) is 2.77. The van der Waals surface area contributed by atoms with Crippen LogP contribution in [0.3, 0.4) is 0 Å². The van der Waals surface area contributed by atoms with Gasteiger partial charge >= 0.3 is 0 Å². The summed E-state index contributed by atoms with van der Waals surface area (Å²) in [5.41, 5.74) is 0.907. The van der Waals surface area contributed by atoms with Crippen LogP contribution < -0.4 is 5.32 Å². The van der Waals surface area contributed by atoms with Gasteiger partial charge in [0, 0.05) is 11.6 Å². The predicted molar refractivity (Wildman–Crippen MR) is 58.7 cm³/mol. The number of hydrogen-bond acceptors (Lipinski definition) is 1. The summed E-state index contributed by atoms with van der Waals surface area (Å²) in [5.74, 6) is 0.434. The van der Waals surface area contributed by atoms with E-state index < -0.39 is 0 Å². The van der Waals surface area contributed by atoms with Crippen LogP contribution in [0.4, 0.5) is 0 Å². The van der Waals surface area contributed by atoms with Crippen LogP contribution in [0.2, 0.25) is 0 Å². The van der Waals surface area contributed by atoms with Crippen LogP contribution in [0.25, 0.3) is 0 Å². The van der Waals surface area contributed by atoms with Crippen LogP contribution in [-0.2, 0) is 4.79 Å². The van der Waals surface area contributed by atoms with Gasteiger partial charge in [-0.2, -0.15) is 0 Å². The lowest BCUT2D eigenvalue weighted by atomic mass is 10.1. The van der Waals surface area contributed by atoms with Gasteiger partial charge in [0.05, 0.1) is 0 Å². The first-order valence-corrected chi connectivity index (χ1v) is 5.37. The summed E-state index contributed by atoms with van der Waals surface area (Å²) in [5, 5.41) is 2.94. The van der Waals surface area contributed by atoms with Crippen molar-refractivity contribution in [3.8, 4) is 0 Å². The Bertz CT molecular complexity index is 247. The Balaban J connectivity index is 2.46. The Morgan fingerprint density at radius 3 is 2.43 bits per heavy atom. The molecule has 2 nitrogen and oxygen atoms in total. The van der Waals surface area contributed by atoms with E-state index in [1.54, 1.807) is 0 Å². The lowest BCUT2D eigenvalue weighted by Gasteiger charge is -2.10. The first-order chi connectivity index (χ1) is 6.77. The lowest BCUT2D eigenvalue weighted by Crippen LogP contribution is -2.27. The zero-order valence-corrected chi connectivity index (χ0v) is 9.05. The van der Waals surface area contributed by atoms with Crippen LogP contribution in [0, 0.1) is 5.92 Å². The van der Waals surface area contributed by atoms with Crippen molar-refractivity contribution in [2.24, 2.45) is 5.92 Å². The quantitative estimate of drug-likeness (QED) is 0.686. The molecule has 0 heterocycles. The second kappa shape index (κ2) is 5.63. The van der Waals surface area contributed by atoms with Gasteiger partial charge in [-0.15, -0.1) is 0 Å². The molecule has 1 rings (SSSR count). The summed E-state index contributed by atoms with van der Waals surface area (Å²) in [6.07, 6.45) is 10.3. The van der Waals surface area contributed by atoms with Crippen LogP contribution in [0.1, 0.15) is 39.5 Å². The second-order valence-corrected chi connectivity index (χ2v) is 3.71. The van der Waals surface area contributed by atoms with Crippen molar-refractivity contribution in [2.45, 2.75) is 39.5 Å². The van der Waals surface area contributed by atoms with Gasteiger partial charge in [-0.3, -0.25) is 4.79 Å². The standard InChI is InChI=1S/C12H19NO/c1-3-7-11(4-2)13-12(14)10-8-5-6-9-10/h3-4,7,10H,5-6,8-9H2,1-2H3,(H,13,14)/b7-3-,11-4+. The number of carbonyl (C=O) groups excluding carboxylic acids is 1. The zero-order chi connectivity index (χ0) is 10.4. The number of allylic oxidation sites excluding steroid dienone is 3.